The third kappa shape index (κ3) is 6.22. The molecule has 2 N–H and O–H groups in total. The number of aliphatic hydroxyl groups excluding tert-OH is 2. The fourth-order valence-corrected chi connectivity index (χ4v) is 3.23. The summed E-state index contributed by atoms with van der Waals surface area (Å²) in [5, 5.41) is 19.9. The highest BCUT2D eigenvalue weighted by Crippen LogP contribution is 2.17. The summed E-state index contributed by atoms with van der Waals surface area (Å²) in [4.78, 5) is 4.60. The first kappa shape index (κ1) is 18.4. The lowest BCUT2D eigenvalue weighted by molar-refractivity contribution is 0.0526. The second kappa shape index (κ2) is 8.78. The molecule has 1 aromatic carbocycles. The first-order chi connectivity index (χ1) is 10.9. The minimum Gasteiger partial charge on any atom is -0.392 e. The van der Waals surface area contributed by atoms with E-state index in [9.17, 15) is 10.2 Å². The van der Waals surface area contributed by atoms with Gasteiger partial charge in [-0.25, -0.2) is 0 Å². The van der Waals surface area contributed by atoms with Gasteiger partial charge in [-0.15, -0.1) is 0 Å². The molecule has 0 aromatic heterocycles. The number of benzene rings is 1. The van der Waals surface area contributed by atoms with E-state index in [2.05, 4.69) is 47.9 Å². The predicted molar refractivity (Wildman–Crippen MR) is 94.5 cm³/mol. The molecule has 1 aliphatic rings. The Labute approximate surface area is 140 Å². The van der Waals surface area contributed by atoms with E-state index in [1.165, 1.54) is 5.56 Å². The Morgan fingerprint density at radius 1 is 0.870 bits per heavy atom. The number of rotatable bonds is 7. The van der Waals surface area contributed by atoms with Gasteiger partial charge in [0.1, 0.15) is 0 Å². The molecule has 0 radical (unpaired) electrons. The third-order valence-electron chi connectivity index (χ3n) is 4.43. The fraction of sp³-hybridized carbons (Fsp3) is 0.684. The van der Waals surface area contributed by atoms with E-state index < -0.39 is 6.10 Å². The van der Waals surface area contributed by atoms with Crippen LogP contribution in [0.15, 0.2) is 24.3 Å². The zero-order valence-electron chi connectivity index (χ0n) is 14.8. The van der Waals surface area contributed by atoms with Crippen LogP contribution in [0.1, 0.15) is 38.0 Å². The summed E-state index contributed by atoms with van der Waals surface area (Å²) in [6, 6.07) is 8.40. The zero-order chi connectivity index (χ0) is 16.8. The number of nitrogens with zero attached hydrogens (tertiary/aromatic N) is 2. The number of hydrogen-bond donors (Lipinski definition) is 2. The van der Waals surface area contributed by atoms with Crippen LogP contribution in [0.2, 0.25) is 0 Å². The average molecular weight is 320 g/mol. The molecule has 0 unspecified atom stereocenters. The van der Waals surface area contributed by atoms with Gasteiger partial charge in [0.05, 0.1) is 12.2 Å². The van der Waals surface area contributed by atoms with Crippen molar-refractivity contribution in [2.45, 2.75) is 39.4 Å². The third-order valence-corrected chi connectivity index (χ3v) is 4.43. The second-order valence-corrected chi connectivity index (χ2v) is 7.31. The molecule has 4 heteroatoms. The molecular formula is C19H32N2O2. The van der Waals surface area contributed by atoms with E-state index in [1.54, 1.807) is 0 Å². The van der Waals surface area contributed by atoms with Crippen molar-refractivity contribution in [3.05, 3.63) is 35.4 Å². The van der Waals surface area contributed by atoms with Crippen LogP contribution in [-0.2, 0) is 6.42 Å². The molecule has 0 bridgehead atoms. The van der Waals surface area contributed by atoms with Crippen molar-refractivity contribution in [3.63, 3.8) is 0 Å². The largest absolute Gasteiger partial charge is 0.392 e. The summed E-state index contributed by atoms with van der Waals surface area (Å²) in [5.41, 5.74) is 2.34. The highest BCUT2D eigenvalue weighted by atomic mass is 16.3. The Morgan fingerprint density at radius 2 is 1.39 bits per heavy atom. The summed E-state index contributed by atoms with van der Waals surface area (Å²) in [6.45, 7) is 11.5. The van der Waals surface area contributed by atoms with Crippen molar-refractivity contribution >= 4 is 0 Å². The van der Waals surface area contributed by atoms with Gasteiger partial charge in [-0.1, -0.05) is 38.1 Å². The van der Waals surface area contributed by atoms with Gasteiger partial charge in [-0.2, -0.15) is 0 Å². The Kier molecular flexibility index (Phi) is 7.03. The molecule has 0 spiro atoms. The molecule has 1 aromatic rings. The maximum atomic E-state index is 10.5. The summed E-state index contributed by atoms with van der Waals surface area (Å²) in [7, 11) is 0. The van der Waals surface area contributed by atoms with Gasteiger partial charge < -0.3 is 10.2 Å². The predicted octanol–water partition coefficient (Wildman–Crippen LogP) is 1.92. The minimum absolute atomic E-state index is 0.267. The van der Waals surface area contributed by atoms with Crippen LogP contribution >= 0.6 is 0 Å². The lowest BCUT2D eigenvalue weighted by Gasteiger charge is -2.36. The first-order valence-corrected chi connectivity index (χ1v) is 8.83. The van der Waals surface area contributed by atoms with Gasteiger partial charge in [-0.05, 0) is 30.4 Å². The molecule has 130 valence electrons. The van der Waals surface area contributed by atoms with E-state index in [0.717, 1.165) is 44.7 Å². The monoisotopic (exact) mass is 320 g/mol. The van der Waals surface area contributed by atoms with E-state index >= 15 is 0 Å². The Balaban J connectivity index is 1.79. The van der Waals surface area contributed by atoms with Gasteiger partial charge in [0.25, 0.3) is 0 Å². The molecule has 1 heterocycles. The molecule has 2 rings (SSSR count). The van der Waals surface area contributed by atoms with Crippen molar-refractivity contribution < 1.29 is 10.2 Å². The van der Waals surface area contributed by atoms with Gasteiger partial charge in [0.2, 0.25) is 0 Å². The van der Waals surface area contributed by atoms with E-state index in [0.29, 0.717) is 12.5 Å². The molecular weight excluding hydrogens is 288 g/mol. The standard InChI is InChI=1S/C19H32N2O2/c1-15(2)12-17-4-6-18(7-5-17)19(23)14-21-10-8-20(9-11-21)13-16(3)22/h4-7,15-16,19,22-23H,8-14H2,1-3H3/t16-,19+/m0/s1. The molecule has 0 saturated carbocycles. The minimum atomic E-state index is -0.425. The van der Waals surface area contributed by atoms with Crippen LogP contribution in [0.5, 0.6) is 0 Å². The first-order valence-electron chi connectivity index (χ1n) is 8.83. The van der Waals surface area contributed by atoms with Crippen molar-refractivity contribution in [3.8, 4) is 0 Å². The highest BCUT2D eigenvalue weighted by molar-refractivity contribution is 5.24. The SMILES string of the molecule is CC(C)Cc1ccc([C@H](O)CN2CCN(C[C@H](C)O)CC2)cc1. The van der Waals surface area contributed by atoms with Gasteiger partial charge in [0, 0.05) is 39.3 Å². The molecule has 0 aliphatic carbocycles. The van der Waals surface area contributed by atoms with Crippen molar-refractivity contribution in [2.24, 2.45) is 5.92 Å². The number of piperazine rings is 1. The molecule has 23 heavy (non-hydrogen) atoms. The van der Waals surface area contributed by atoms with Gasteiger partial charge >= 0.3 is 0 Å². The summed E-state index contributed by atoms with van der Waals surface area (Å²) in [5.74, 6) is 0.656. The maximum absolute atomic E-state index is 10.5. The summed E-state index contributed by atoms with van der Waals surface area (Å²) < 4.78 is 0. The lowest BCUT2D eigenvalue weighted by Crippen LogP contribution is -2.49. The molecule has 2 atom stereocenters. The molecule has 1 saturated heterocycles. The average Bonchev–Trinajstić information content (AvgIpc) is 2.49. The second-order valence-electron chi connectivity index (χ2n) is 7.31. The lowest BCUT2D eigenvalue weighted by atomic mass is 10.00. The van der Waals surface area contributed by atoms with Gasteiger partial charge in [-0.3, -0.25) is 9.80 Å². The van der Waals surface area contributed by atoms with Gasteiger partial charge in [0.15, 0.2) is 0 Å². The van der Waals surface area contributed by atoms with E-state index in [1.807, 2.05) is 6.92 Å². The maximum Gasteiger partial charge on any atom is 0.0916 e. The number of β-amino-alcohol motifs (C(OH)–C–C–N with tert-alkyl or cyclic N) is 2. The smallest absolute Gasteiger partial charge is 0.0916 e. The molecule has 1 fully saturated rings. The fourth-order valence-electron chi connectivity index (χ4n) is 3.23. The number of hydrogen-bond acceptors (Lipinski definition) is 4. The van der Waals surface area contributed by atoms with E-state index in [-0.39, 0.29) is 6.10 Å². The Hall–Kier alpha value is -0.940. The Bertz CT molecular complexity index is 451. The molecule has 1 aliphatic heterocycles. The Morgan fingerprint density at radius 3 is 1.87 bits per heavy atom. The van der Waals surface area contributed by atoms with Crippen molar-refractivity contribution in [1.82, 2.24) is 9.80 Å². The molecule has 0 amide bonds. The van der Waals surface area contributed by atoms with Crippen LogP contribution in [-0.4, -0.2) is 65.4 Å². The van der Waals surface area contributed by atoms with Crippen LogP contribution < -0.4 is 0 Å². The van der Waals surface area contributed by atoms with Crippen LogP contribution in [0, 0.1) is 5.92 Å². The zero-order valence-corrected chi connectivity index (χ0v) is 14.8. The van der Waals surface area contributed by atoms with Crippen molar-refractivity contribution in [2.75, 3.05) is 39.3 Å². The number of aliphatic hydroxyl groups is 2. The summed E-state index contributed by atoms with van der Waals surface area (Å²) >= 11 is 0. The highest BCUT2D eigenvalue weighted by Gasteiger charge is 2.20. The normalized spacial score (nSPS) is 19.9. The van der Waals surface area contributed by atoms with E-state index in [4.69, 9.17) is 0 Å². The van der Waals surface area contributed by atoms with Crippen LogP contribution in [0.3, 0.4) is 0 Å². The quantitative estimate of drug-likeness (QED) is 0.806. The summed E-state index contributed by atoms with van der Waals surface area (Å²) in [6.07, 6.45) is 0.393. The topological polar surface area (TPSA) is 46.9 Å². The van der Waals surface area contributed by atoms with Crippen LogP contribution in [0.4, 0.5) is 0 Å². The van der Waals surface area contributed by atoms with Crippen molar-refractivity contribution in [1.29, 1.82) is 0 Å². The molecule has 4 nitrogen and oxygen atoms in total. The van der Waals surface area contributed by atoms with Crippen LogP contribution in [0.25, 0.3) is 0 Å².